The van der Waals surface area contributed by atoms with Gasteiger partial charge in [-0.15, -0.1) is 0 Å². The fraction of sp³-hybridized carbons (Fsp3) is 0.200. The monoisotopic (exact) mass is 283 g/mol. The molecule has 0 saturated carbocycles. The Kier molecular flexibility index (Phi) is 3.09. The molecule has 5 nitrogen and oxygen atoms in total. The van der Waals surface area contributed by atoms with Crippen molar-refractivity contribution in [1.82, 2.24) is 10.2 Å². The van der Waals surface area contributed by atoms with E-state index in [0.717, 1.165) is 21.1 Å². The Morgan fingerprint density at radius 3 is 3.12 bits per heavy atom. The summed E-state index contributed by atoms with van der Waals surface area (Å²) in [5, 5.41) is 19.4. The summed E-state index contributed by atoms with van der Waals surface area (Å²) < 4.78 is 0.919. The first-order valence-electron chi connectivity index (χ1n) is 4.75. The minimum Gasteiger partial charge on any atom is -0.481 e. The molecule has 1 aromatic heterocycles. The number of aliphatic carboxylic acids is 1. The predicted octanol–water partition coefficient (Wildman–Crippen LogP) is 2.21. The van der Waals surface area contributed by atoms with E-state index in [1.165, 1.54) is 0 Å². The predicted molar refractivity (Wildman–Crippen MR) is 64.5 cm³/mol. The van der Waals surface area contributed by atoms with E-state index < -0.39 is 5.97 Å². The molecule has 0 unspecified atom stereocenters. The van der Waals surface area contributed by atoms with Gasteiger partial charge in [0, 0.05) is 22.1 Å². The molecule has 0 radical (unpaired) electrons. The number of carboxylic acids is 1. The zero-order valence-corrected chi connectivity index (χ0v) is 9.91. The molecule has 16 heavy (non-hydrogen) atoms. The highest BCUT2D eigenvalue weighted by Gasteiger charge is 2.05. The molecule has 84 valence electrons. The van der Waals surface area contributed by atoms with Gasteiger partial charge in [-0.05, 0) is 12.1 Å². The highest BCUT2D eigenvalue weighted by atomic mass is 79.9. The van der Waals surface area contributed by atoms with Crippen LogP contribution < -0.4 is 5.32 Å². The van der Waals surface area contributed by atoms with Crippen LogP contribution in [0.3, 0.4) is 0 Å². The highest BCUT2D eigenvalue weighted by molar-refractivity contribution is 9.10. The summed E-state index contributed by atoms with van der Waals surface area (Å²) in [6.45, 7) is 0.395. The van der Waals surface area contributed by atoms with E-state index in [-0.39, 0.29) is 6.42 Å². The molecule has 1 aromatic carbocycles. The lowest BCUT2D eigenvalue weighted by molar-refractivity contribution is -0.136. The van der Waals surface area contributed by atoms with Crippen molar-refractivity contribution in [2.75, 3.05) is 11.9 Å². The van der Waals surface area contributed by atoms with Crippen LogP contribution in [0.25, 0.3) is 10.9 Å². The van der Waals surface area contributed by atoms with Crippen LogP contribution in [-0.4, -0.2) is 27.8 Å². The molecule has 0 saturated heterocycles. The number of carboxylic acid groups (broad SMARTS) is 1. The van der Waals surface area contributed by atoms with Crippen LogP contribution >= 0.6 is 15.9 Å². The average molecular weight is 284 g/mol. The number of hydrogen-bond acceptors (Lipinski definition) is 3. The number of nitrogens with one attached hydrogen (secondary N) is 2. The third-order valence-electron chi connectivity index (χ3n) is 2.18. The first kappa shape index (κ1) is 10.9. The molecule has 0 bridgehead atoms. The van der Waals surface area contributed by atoms with Gasteiger partial charge in [0.2, 0.25) is 0 Å². The Bertz CT molecular complexity index is 524. The topological polar surface area (TPSA) is 78.0 Å². The lowest BCUT2D eigenvalue weighted by Gasteiger charge is -2.06. The fourth-order valence-corrected chi connectivity index (χ4v) is 1.92. The number of rotatable bonds is 4. The maximum Gasteiger partial charge on any atom is 0.305 e. The van der Waals surface area contributed by atoms with Crippen LogP contribution in [0.1, 0.15) is 6.42 Å². The molecule has 0 atom stereocenters. The number of fused-ring (bicyclic) bond motifs is 1. The number of carbonyl (C=O) groups is 1. The van der Waals surface area contributed by atoms with Gasteiger partial charge in [0.15, 0.2) is 0 Å². The molecule has 0 aliphatic heterocycles. The molecule has 0 aliphatic carbocycles. The molecular weight excluding hydrogens is 274 g/mol. The standard InChI is InChI=1S/C10H10BrN3O2/c11-6-3-8(12-2-1-10(15)16)7-5-13-14-9(7)4-6/h3-5,12H,1-2H2,(H,13,14)(H,15,16). The second-order valence-corrected chi connectivity index (χ2v) is 4.27. The van der Waals surface area contributed by atoms with Gasteiger partial charge in [-0.1, -0.05) is 15.9 Å². The van der Waals surface area contributed by atoms with Crippen molar-refractivity contribution >= 4 is 38.5 Å². The molecule has 0 amide bonds. The minimum absolute atomic E-state index is 0.0891. The van der Waals surface area contributed by atoms with E-state index in [2.05, 4.69) is 31.4 Å². The van der Waals surface area contributed by atoms with Crippen molar-refractivity contribution in [2.24, 2.45) is 0 Å². The van der Waals surface area contributed by atoms with Gasteiger partial charge in [0.05, 0.1) is 18.1 Å². The van der Waals surface area contributed by atoms with E-state index in [1.807, 2.05) is 12.1 Å². The van der Waals surface area contributed by atoms with Gasteiger partial charge >= 0.3 is 5.97 Å². The molecule has 2 aromatic rings. The summed E-state index contributed by atoms with van der Waals surface area (Å²) in [6, 6.07) is 3.82. The zero-order valence-electron chi connectivity index (χ0n) is 8.33. The van der Waals surface area contributed by atoms with Gasteiger partial charge in [-0.25, -0.2) is 0 Å². The van der Waals surface area contributed by atoms with Crippen LogP contribution in [0.4, 0.5) is 5.69 Å². The second-order valence-electron chi connectivity index (χ2n) is 3.36. The van der Waals surface area contributed by atoms with Crippen LogP contribution in [-0.2, 0) is 4.79 Å². The van der Waals surface area contributed by atoms with Gasteiger partial charge in [-0.3, -0.25) is 9.89 Å². The van der Waals surface area contributed by atoms with Crippen LogP contribution in [0, 0.1) is 0 Å². The normalized spacial score (nSPS) is 10.6. The molecule has 0 aliphatic rings. The summed E-state index contributed by atoms with van der Waals surface area (Å²) in [5.41, 5.74) is 1.78. The summed E-state index contributed by atoms with van der Waals surface area (Å²) >= 11 is 3.38. The van der Waals surface area contributed by atoms with Crippen molar-refractivity contribution in [2.45, 2.75) is 6.42 Å². The Morgan fingerprint density at radius 1 is 1.56 bits per heavy atom. The van der Waals surface area contributed by atoms with Crippen molar-refractivity contribution in [1.29, 1.82) is 0 Å². The minimum atomic E-state index is -0.814. The van der Waals surface area contributed by atoms with E-state index >= 15 is 0 Å². The van der Waals surface area contributed by atoms with Crippen LogP contribution in [0.5, 0.6) is 0 Å². The van der Waals surface area contributed by atoms with E-state index in [0.29, 0.717) is 6.54 Å². The van der Waals surface area contributed by atoms with Crippen molar-refractivity contribution < 1.29 is 9.90 Å². The SMILES string of the molecule is O=C(O)CCNc1cc(Br)cc2[nH]ncc12. The maximum absolute atomic E-state index is 10.4. The Balaban J connectivity index is 2.22. The number of anilines is 1. The number of benzene rings is 1. The zero-order chi connectivity index (χ0) is 11.5. The van der Waals surface area contributed by atoms with Crippen molar-refractivity contribution in [3.8, 4) is 0 Å². The molecule has 6 heteroatoms. The number of aromatic amines is 1. The molecule has 3 N–H and O–H groups in total. The molecule has 2 rings (SSSR count). The van der Waals surface area contributed by atoms with E-state index in [4.69, 9.17) is 5.11 Å². The third-order valence-corrected chi connectivity index (χ3v) is 2.64. The smallest absolute Gasteiger partial charge is 0.305 e. The van der Waals surface area contributed by atoms with Gasteiger partial charge < -0.3 is 10.4 Å². The summed E-state index contributed by atoms with van der Waals surface area (Å²) in [4.78, 5) is 10.4. The molecule has 1 heterocycles. The van der Waals surface area contributed by atoms with Crippen molar-refractivity contribution in [3.05, 3.63) is 22.8 Å². The van der Waals surface area contributed by atoms with Gasteiger partial charge in [0.1, 0.15) is 0 Å². The van der Waals surface area contributed by atoms with Crippen molar-refractivity contribution in [3.63, 3.8) is 0 Å². The first-order valence-corrected chi connectivity index (χ1v) is 5.54. The van der Waals surface area contributed by atoms with Crippen LogP contribution in [0.2, 0.25) is 0 Å². The number of aromatic nitrogens is 2. The summed E-state index contributed by atoms with van der Waals surface area (Å²) in [7, 11) is 0. The Labute approximate surface area is 100.0 Å². The van der Waals surface area contributed by atoms with E-state index in [9.17, 15) is 4.79 Å². The van der Waals surface area contributed by atoms with Gasteiger partial charge in [0.25, 0.3) is 0 Å². The lowest BCUT2D eigenvalue weighted by Crippen LogP contribution is -2.07. The summed E-state index contributed by atoms with van der Waals surface area (Å²) in [5.74, 6) is -0.814. The number of nitrogens with zero attached hydrogens (tertiary/aromatic N) is 1. The second kappa shape index (κ2) is 4.52. The maximum atomic E-state index is 10.4. The number of hydrogen-bond donors (Lipinski definition) is 3. The van der Waals surface area contributed by atoms with Gasteiger partial charge in [-0.2, -0.15) is 5.10 Å². The first-order chi connectivity index (χ1) is 7.66. The fourth-order valence-electron chi connectivity index (χ4n) is 1.47. The number of H-pyrrole nitrogens is 1. The Hall–Kier alpha value is -1.56. The molecule has 0 fully saturated rings. The molecular formula is C10H10BrN3O2. The largest absolute Gasteiger partial charge is 0.481 e. The Morgan fingerprint density at radius 2 is 2.38 bits per heavy atom. The number of halogens is 1. The average Bonchev–Trinajstić information content (AvgIpc) is 2.64. The third kappa shape index (κ3) is 2.33. The van der Waals surface area contributed by atoms with E-state index in [1.54, 1.807) is 6.20 Å². The highest BCUT2D eigenvalue weighted by Crippen LogP contribution is 2.26. The quantitative estimate of drug-likeness (QED) is 0.804. The van der Waals surface area contributed by atoms with Crippen LogP contribution in [0.15, 0.2) is 22.8 Å². The lowest BCUT2D eigenvalue weighted by atomic mass is 10.2. The summed E-state index contributed by atoms with van der Waals surface area (Å²) in [6.07, 6.45) is 1.80. The molecule has 0 spiro atoms.